The number of nitrogen functional groups attached to an aromatic ring is 1. The van der Waals surface area contributed by atoms with Gasteiger partial charge in [0.2, 0.25) is 0 Å². The van der Waals surface area contributed by atoms with Crippen molar-refractivity contribution in [1.82, 2.24) is 0 Å². The van der Waals surface area contributed by atoms with E-state index in [0.29, 0.717) is 16.6 Å². The average molecular weight is 282 g/mol. The van der Waals surface area contributed by atoms with E-state index >= 15 is 0 Å². The molecular formula is C15H24ClN3. The quantitative estimate of drug-likeness (QED) is 0.586. The fraction of sp³-hybridized carbons (Fsp3) is 0.533. The fourth-order valence-electron chi connectivity index (χ4n) is 2.05. The number of nitrogens with zero attached hydrogens (tertiary/aromatic N) is 1. The maximum Gasteiger partial charge on any atom is 0.124 e. The first kappa shape index (κ1) is 15.8. The second-order valence-corrected chi connectivity index (χ2v) is 5.29. The Balaban J connectivity index is 3.02. The van der Waals surface area contributed by atoms with Gasteiger partial charge in [-0.15, -0.1) is 0 Å². The number of hydrogen-bond donors (Lipinski definition) is 2. The highest BCUT2D eigenvalue weighted by Gasteiger charge is 2.14. The van der Waals surface area contributed by atoms with Gasteiger partial charge >= 0.3 is 0 Å². The van der Waals surface area contributed by atoms with Crippen molar-refractivity contribution in [1.29, 1.82) is 5.41 Å². The lowest BCUT2D eigenvalue weighted by atomic mass is 10.1. The Kier molecular flexibility index (Phi) is 6.16. The third-order valence-corrected chi connectivity index (χ3v) is 3.76. The van der Waals surface area contributed by atoms with Crippen LogP contribution in [0.15, 0.2) is 18.2 Å². The van der Waals surface area contributed by atoms with Gasteiger partial charge in [0.25, 0.3) is 0 Å². The van der Waals surface area contributed by atoms with Crippen molar-refractivity contribution in [2.75, 3.05) is 11.4 Å². The molecule has 1 aromatic carbocycles. The fourth-order valence-corrected chi connectivity index (χ4v) is 2.33. The number of nitrogens with one attached hydrogen (secondary N) is 1. The molecule has 3 nitrogen and oxygen atoms in total. The summed E-state index contributed by atoms with van der Waals surface area (Å²) in [6.45, 7) is 7.64. The molecule has 106 valence electrons. The number of benzene rings is 1. The van der Waals surface area contributed by atoms with Crippen LogP contribution in [0, 0.1) is 5.41 Å². The number of nitrogens with two attached hydrogens (primary N) is 1. The lowest BCUT2D eigenvalue weighted by Gasteiger charge is -2.31. The maximum atomic E-state index is 7.47. The SMILES string of the molecule is CCCCN(c1ccc(C(=N)N)c(Cl)c1)C(C)CC. The highest BCUT2D eigenvalue weighted by Crippen LogP contribution is 2.26. The Morgan fingerprint density at radius 2 is 2.11 bits per heavy atom. The third-order valence-electron chi connectivity index (χ3n) is 3.45. The standard InChI is InChI=1S/C15H24ClN3/c1-4-6-9-19(11(3)5-2)12-7-8-13(15(17)18)14(16)10-12/h7-8,10-11H,4-6,9H2,1-3H3,(H3,17,18). The van der Waals surface area contributed by atoms with E-state index in [4.69, 9.17) is 22.7 Å². The molecule has 1 atom stereocenters. The maximum absolute atomic E-state index is 7.47. The summed E-state index contributed by atoms with van der Waals surface area (Å²) in [6.07, 6.45) is 3.43. The highest BCUT2D eigenvalue weighted by molar-refractivity contribution is 6.34. The van der Waals surface area contributed by atoms with Crippen LogP contribution in [0.3, 0.4) is 0 Å². The summed E-state index contributed by atoms with van der Waals surface area (Å²) < 4.78 is 0. The summed E-state index contributed by atoms with van der Waals surface area (Å²) in [5, 5.41) is 8.02. The monoisotopic (exact) mass is 281 g/mol. The van der Waals surface area contributed by atoms with Crippen molar-refractivity contribution in [2.45, 2.75) is 46.1 Å². The van der Waals surface area contributed by atoms with Crippen LogP contribution in [-0.4, -0.2) is 18.4 Å². The van der Waals surface area contributed by atoms with Gasteiger partial charge in [-0.3, -0.25) is 5.41 Å². The summed E-state index contributed by atoms with van der Waals surface area (Å²) >= 11 is 6.20. The van der Waals surface area contributed by atoms with Gasteiger partial charge in [-0.25, -0.2) is 0 Å². The van der Waals surface area contributed by atoms with Crippen LogP contribution in [0.25, 0.3) is 0 Å². The normalized spacial score (nSPS) is 12.2. The van der Waals surface area contributed by atoms with Crippen molar-refractivity contribution < 1.29 is 0 Å². The number of anilines is 1. The summed E-state index contributed by atoms with van der Waals surface area (Å²) in [4.78, 5) is 2.37. The molecule has 19 heavy (non-hydrogen) atoms. The molecule has 0 spiro atoms. The number of hydrogen-bond acceptors (Lipinski definition) is 2. The zero-order chi connectivity index (χ0) is 14.4. The van der Waals surface area contributed by atoms with Crippen molar-refractivity contribution in [2.24, 2.45) is 5.73 Å². The van der Waals surface area contributed by atoms with Crippen molar-refractivity contribution in [3.63, 3.8) is 0 Å². The van der Waals surface area contributed by atoms with E-state index in [1.54, 1.807) is 0 Å². The van der Waals surface area contributed by atoms with Gasteiger partial charge in [0.1, 0.15) is 5.84 Å². The molecule has 3 N–H and O–H groups in total. The summed E-state index contributed by atoms with van der Waals surface area (Å²) in [5.41, 5.74) is 7.20. The Labute approximate surface area is 121 Å². The van der Waals surface area contributed by atoms with E-state index in [-0.39, 0.29) is 5.84 Å². The molecule has 0 saturated heterocycles. The molecule has 4 heteroatoms. The van der Waals surface area contributed by atoms with Crippen LogP contribution >= 0.6 is 11.6 Å². The van der Waals surface area contributed by atoms with Gasteiger partial charge in [0.05, 0.1) is 5.02 Å². The number of rotatable bonds is 7. The largest absolute Gasteiger partial charge is 0.384 e. The van der Waals surface area contributed by atoms with Crippen molar-refractivity contribution in [3.8, 4) is 0 Å². The zero-order valence-corrected chi connectivity index (χ0v) is 12.8. The first-order valence-corrected chi connectivity index (χ1v) is 7.29. The molecule has 0 saturated carbocycles. The topological polar surface area (TPSA) is 53.1 Å². The highest BCUT2D eigenvalue weighted by atomic mass is 35.5. The second kappa shape index (κ2) is 7.39. The Morgan fingerprint density at radius 3 is 2.58 bits per heavy atom. The molecule has 0 radical (unpaired) electrons. The first-order chi connectivity index (χ1) is 9.01. The van der Waals surface area contributed by atoms with E-state index in [0.717, 1.165) is 25.1 Å². The van der Waals surface area contributed by atoms with Gasteiger partial charge < -0.3 is 10.6 Å². The summed E-state index contributed by atoms with van der Waals surface area (Å²) in [6, 6.07) is 6.23. The van der Waals surface area contributed by atoms with Gasteiger partial charge in [-0.1, -0.05) is 31.9 Å². The molecule has 0 aliphatic carbocycles. The minimum absolute atomic E-state index is 0.0141. The molecule has 0 aliphatic rings. The van der Waals surface area contributed by atoms with Crippen LogP contribution in [0.5, 0.6) is 0 Å². The minimum Gasteiger partial charge on any atom is -0.384 e. The van der Waals surface area contributed by atoms with Crippen LogP contribution in [0.1, 0.15) is 45.6 Å². The lowest BCUT2D eigenvalue weighted by Crippen LogP contribution is -2.33. The van der Waals surface area contributed by atoms with E-state index in [1.807, 2.05) is 18.2 Å². The molecule has 0 aliphatic heterocycles. The molecule has 1 aromatic rings. The Hall–Kier alpha value is -1.22. The zero-order valence-electron chi connectivity index (χ0n) is 12.0. The predicted molar refractivity (Wildman–Crippen MR) is 84.5 cm³/mol. The number of amidine groups is 1. The first-order valence-electron chi connectivity index (χ1n) is 6.91. The minimum atomic E-state index is 0.0141. The van der Waals surface area contributed by atoms with Gasteiger partial charge in [0, 0.05) is 23.8 Å². The van der Waals surface area contributed by atoms with E-state index in [9.17, 15) is 0 Å². The molecule has 0 aromatic heterocycles. The average Bonchev–Trinajstić information content (AvgIpc) is 2.38. The Morgan fingerprint density at radius 1 is 1.42 bits per heavy atom. The molecule has 1 unspecified atom stereocenters. The lowest BCUT2D eigenvalue weighted by molar-refractivity contribution is 0.596. The van der Waals surface area contributed by atoms with Gasteiger partial charge in [-0.2, -0.15) is 0 Å². The molecule has 0 bridgehead atoms. The van der Waals surface area contributed by atoms with E-state index in [2.05, 4.69) is 25.7 Å². The summed E-state index contributed by atoms with van der Waals surface area (Å²) in [7, 11) is 0. The Bertz CT molecular complexity index is 431. The van der Waals surface area contributed by atoms with Crippen molar-refractivity contribution >= 4 is 23.1 Å². The van der Waals surface area contributed by atoms with E-state index in [1.165, 1.54) is 6.42 Å². The smallest absolute Gasteiger partial charge is 0.124 e. The predicted octanol–water partition coefficient (Wildman–Crippen LogP) is 4.03. The number of halogens is 1. The van der Waals surface area contributed by atoms with Gasteiger partial charge in [-0.05, 0) is 38.0 Å². The third kappa shape index (κ3) is 4.13. The van der Waals surface area contributed by atoms with Crippen LogP contribution < -0.4 is 10.6 Å². The molecule has 1 rings (SSSR count). The van der Waals surface area contributed by atoms with Crippen LogP contribution in [0.2, 0.25) is 5.02 Å². The van der Waals surface area contributed by atoms with Crippen LogP contribution in [0.4, 0.5) is 5.69 Å². The summed E-state index contributed by atoms with van der Waals surface area (Å²) in [5.74, 6) is 0.0141. The second-order valence-electron chi connectivity index (χ2n) is 4.88. The van der Waals surface area contributed by atoms with Crippen LogP contribution in [-0.2, 0) is 0 Å². The molecule has 0 amide bonds. The molecule has 0 fully saturated rings. The number of unbranched alkanes of at least 4 members (excludes halogenated alkanes) is 1. The molecular weight excluding hydrogens is 258 g/mol. The van der Waals surface area contributed by atoms with Gasteiger partial charge in [0.15, 0.2) is 0 Å². The van der Waals surface area contributed by atoms with E-state index < -0.39 is 0 Å². The molecule has 0 heterocycles. The van der Waals surface area contributed by atoms with Crippen molar-refractivity contribution in [3.05, 3.63) is 28.8 Å².